The van der Waals surface area contributed by atoms with Gasteiger partial charge in [-0.1, -0.05) is 6.07 Å². The molecule has 0 unspecified atom stereocenters. The monoisotopic (exact) mass is 426 g/mol. The summed E-state index contributed by atoms with van der Waals surface area (Å²) in [5.41, 5.74) is 2.14. The smallest absolute Gasteiger partial charge is 0.253 e. The van der Waals surface area contributed by atoms with Crippen LogP contribution in [0.2, 0.25) is 0 Å². The molecule has 1 aromatic heterocycles. The van der Waals surface area contributed by atoms with Crippen molar-refractivity contribution in [2.45, 2.75) is 11.8 Å². The summed E-state index contributed by atoms with van der Waals surface area (Å²) < 4.78 is 28.8. The molecule has 0 saturated carbocycles. The van der Waals surface area contributed by atoms with Gasteiger partial charge >= 0.3 is 0 Å². The van der Waals surface area contributed by atoms with Crippen molar-refractivity contribution in [1.82, 2.24) is 19.0 Å². The Bertz CT molecular complexity index is 1150. The minimum atomic E-state index is -3.82. The van der Waals surface area contributed by atoms with Crippen molar-refractivity contribution in [1.29, 1.82) is 0 Å². The Morgan fingerprint density at radius 3 is 2.37 bits per heavy atom. The van der Waals surface area contributed by atoms with Gasteiger partial charge in [0, 0.05) is 44.1 Å². The molecule has 30 heavy (non-hydrogen) atoms. The number of benzene rings is 2. The predicted molar refractivity (Wildman–Crippen MR) is 111 cm³/mol. The third-order valence-corrected chi connectivity index (χ3v) is 7.07. The highest BCUT2D eigenvalue weighted by molar-refractivity contribution is 7.89. The Morgan fingerprint density at radius 1 is 1.03 bits per heavy atom. The maximum atomic E-state index is 12.9. The number of hydrogen-bond donors (Lipinski definition) is 1. The maximum Gasteiger partial charge on any atom is 0.253 e. The van der Waals surface area contributed by atoms with Gasteiger partial charge in [0.15, 0.2) is 0 Å². The molecule has 0 spiro atoms. The van der Waals surface area contributed by atoms with E-state index in [0.717, 1.165) is 11.3 Å². The van der Waals surface area contributed by atoms with Crippen LogP contribution in [0, 0.1) is 6.92 Å². The molecule has 1 aliphatic heterocycles. The summed E-state index contributed by atoms with van der Waals surface area (Å²) in [6.45, 7) is 2.68. The Kier molecular flexibility index (Phi) is 5.31. The van der Waals surface area contributed by atoms with E-state index in [1.54, 1.807) is 40.9 Å². The summed E-state index contributed by atoms with van der Waals surface area (Å²) in [6, 6.07) is 13.5. The Morgan fingerprint density at radius 2 is 1.73 bits per heavy atom. The number of aromatic hydroxyl groups is 1. The number of rotatable bonds is 4. The SMILES string of the molecule is Cc1ccc(O)c(S(=O)(=O)N2CCN(C(=O)c3ccc(-n4cccn4)cc3)CC2)c1. The van der Waals surface area contributed by atoms with Gasteiger partial charge in [-0.3, -0.25) is 4.79 Å². The van der Waals surface area contributed by atoms with E-state index < -0.39 is 10.0 Å². The first-order chi connectivity index (χ1) is 14.4. The number of aromatic nitrogens is 2. The lowest BCUT2D eigenvalue weighted by atomic mass is 10.1. The van der Waals surface area contributed by atoms with Gasteiger partial charge in [0.1, 0.15) is 10.6 Å². The van der Waals surface area contributed by atoms with Gasteiger partial charge in [-0.15, -0.1) is 0 Å². The lowest BCUT2D eigenvalue weighted by molar-refractivity contribution is 0.0697. The molecule has 3 aromatic rings. The van der Waals surface area contributed by atoms with Crippen molar-refractivity contribution in [3.8, 4) is 11.4 Å². The van der Waals surface area contributed by atoms with Crippen molar-refractivity contribution in [3.05, 3.63) is 72.1 Å². The van der Waals surface area contributed by atoms with Crippen LogP contribution < -0.4 is 0 Å². The van der Waals surface area contributed by atoms with Crippen LogP contribution in [0.15, 0.2) is 65.8 Å². The topological polar surface area (TPSA) is 95.7 Å². The van der Waals surface area contributed by atoms with E-state index in [2.05, 4.69) is 5.10 Å². The summed E-state index contributed by atoms with van der Waals surface area (Å²) in [5, 5.41) is 14.2. The Hall–Kier alpha value is -3.17. The van der Waals surface area contributed by atoms with E-state index in [9.17, 15) is 18.3 Å². The molecule has 0 bridgehead atoms. The highest BCUT2D eigenvalue weighted by atomic mass is 32.2. The van der Waals surface area contributed by atoms with Gasteiger partial charge in [-0.2, -0.15) is 9.40 Å². The number of aryl methyl sites for hydroxylation is 1. The van der Waals surface area contributed by atoms with Crippen LogP contribution in [0.4, 0.5) is 0 Å². The zero-order valence-electron chi connectivity index (χ0n) is 16.5. The quantitative estimate of drug-likeness (QED) is 0.689. The number of amides is 1. The lowest BCUT2D eigenvalue weighted by Crippen LogP contribution is -2.50. The van der Waals surface area contributed by atoms with Gasteiger partial charge < -0.3 is 10.0 Å². The van der Waals surface area contributed by atoms with Crippen LogP contribution in [-0.2, 0) is 10.0 Å². The van der Waals surface area contributed by atoms with E-state index >= 15 is 0 Å². The van der Waals surface area contributed by atoms with Crippen molar-refractivity contribution in [2.24, 2.45) is 0 Å². The van der Waals surface area contributed by atoms with Gasteiger partial charge in [-0.25, -0.2) is 13.1 Å². The zero-order chi connectivity index (χ0) is 21.3. The number of nitrogens with zero attached hydrogens (tertiary/aromatic N) is 4. The molecule has 0 radical (unpaired) electrons. The Balaban J connectivity index is 1.44. The average molecular weight is 426 g/mol. The normalized spacial score (nSPS) is 15.3. The minimum Gasteiger partial charge on any atom is -0.507 e. The van der Waals surface area contributed by atoms with Crippen molar-refractivity contribution in [2.75, 3.05) is 26.2 Å². The molecule has 4 rings (SSSR count). The lowest BCUT2D eigenvalue weighted by Gasteiger charge is -2.34. The van der Waals surface area contributed by atoms with Crippen LogP contribution in [-0.4, -0.2) is 64.6 Å². The number of phenols is 1. The first-order valence-electron chi connectivity index (χ1n) is 9.55. The van der Waals surface area contributed by atoms with Crippen LogP contribution >= 0.6 is 0 Å². The molecule has 2 heterocycles. The van der Waals surface area contributed by atoms with Gasteiger partial charge in [0.05, 0.1) is 5.69 Å². The number of hydrogen-bond acceptors (Lipinski definition) is 5. The molecule has 1 saturated heterocycles. The maximum absolute atomic E-state index is 12.9. The fraction of sp³-hybridized carbons (Fsp3) is 0.238. The molecule has 156 valence electrons. The molecule has 1 fully saturated rings. The fourth-order valence-corrected chi connectivity index (χ4v) is 5.05. The van der Waals surface area contributed by atoms with Gasteiger partial charge in [0.25, 0.3) is 5.91 Å². The second kappa shape index (κ2) is 7.92. The number of carbonyl (C=O) groups is 1. The number of carbonyl (C=O) groups excluding carboxylic acids is 1. The van der Waals surface area contributed by atoms with Gasteiger partial charge in [0.2, 0.25) is 10.0 Å². The molecule has 2 aromatic carbocycles. The first-order valence-corrected chi connectivity index (χ1v) is 11.0. The number of phenolic OH excluding ortho intramolecular Hbond substituents is 1. The molecule has 9 heteroatoms. The van der Waals surface area contributed by atoms with Crippen LogP contribution in [0.25, 0.3) is 5.69 Å². The largest absolute Gasteiger partial charge is 0.507 e. The summed E-state index contributed by atoms with van der Waals surface area (Å²) in [5.74, 6) is -0.408. The fourth-order valence-electron chi connectivity index (χ4n) is 3.46. The standard InChI is InChI=1S/C21H22N4O4S/c1-16-3-8-19(26)20(15-16)30(28,29)24-13-11-23(12-14-24)21(27)17-4-6-18(7-5-17)25-10-2-9-22-25/h2-10,15,26H,11-14H2,1H3. The second-order valence-corrected chi connectivity index (χ2v) is 9.07. The van der Waals surface area contributed by atoms with E-state index in [0.29, 0.717) is 5.56 Å². The molecular formula is C21H22N4O4S. The molecular weight excluding hydrogens is 404 g/mol. The minimum absolute atomic E-state index is 0.100. The molecule has 1 N–H and O–H groups in total. The average Bonchev–Trinajstić information content (AvgIpc) is 3.30. The summed E-state index contributed by atoms with van der Waals surface area (Å²) in [6.07, 6.45) is 3.51. The van der Waals surface area contributed by atoms with Crippen molar-refractivity contribution in [3.63, 3.8) is 0 Å². The molecule has 1 aliphatic rings. The summed E-state index contributed by atoms with van der Waals surface area (Å²) >= 11 is 0. The molecule has 0 atom stereocenters. The van der Waals surface area contributed by atoms with E-state index in [1.165, 1.54) is 16.4 Å². The first kappa shape index (κ1) is 20.1. The third kappa shape index (κ3) is 3.81. The number of sulfonamides is 1. The highest BCUT2D eigenvalue weighted by Crippen LogP contribution is 2.27. The zero-order valence-corrected chi connectivity index (χ0v) is 17.3. The van der Waals surface area contributed by atoms with Crippen molar-refractivity contribution >= 4 is 15.9 Å². The predicted octanol–water partition coefficient (Wildman–Crippen LogP) is 2.03. The summed E-state index contributed by atoms with van der Waals surface area (Å²) in [4.78, 5) is 14.4. The molecule has 1 amide bonds. The Labute approximate surface area is 175 Å². The van der Waals surface area contributed by atoms with Gasteiger partial charge in [-0.05, 0) is 55.0 Å². The molecule has 0 aliphatic carbocycles. The highest BCUT2D eigenvalue weighted by Gasteiger charge is 2.32. The van der Waals surface area contributed by atoms with E-state index in [4.69, 9.17) is 0 Å². The van der Waals surface area contributed by atoms with Crippen LogP contribution in [0.5, 0.6) is 5.75 Å². The number of piperazine rings is 1. The van der Waals surface area contributed by atoms with Crippen LogP contribution in [0.1, 0.15) is 15.9 Å². The van der Waals surface area contributed by atoms with E-state index in [-0.39, 0.29) is 42.7 Å². The van der Waals surface area contributed by atoms with E-state index in [1.807, 2.05) is 24.4 Å². The summed E-state index contributed by atoms with van der Waals surface area (Å²) in [7, 11) is -3.82. The third-order valence-electron chi connectivity index (χ3n) is 5.14. The second-order valence-electron chi connectivity index (χ2n) is 7.16. The van der Waals surface area contributed by atoms with Crippen LogP contribution in [0.3, 0.4) is 0 Å². The molecule has 8 nitrogen and oxygen atoms in total. The van der Waals surface area contributed by atoms with Crippen molar-refractivity contribution < 1.29 is 18.3 Å².